The first kappa shape index (κ1) is 13.4. The van der Waals surface area contributed by atoms with Crippen molar-refractivity contribution in [1.29, 1.82) is 0 Å². The standard InChI is InChI=1S/C17H11NO2S2/c19-18(20)17-13-6-2-4-8-15(13)22-16(17)9-11-10-21-14-7-3-1-5-12(11)14/h1-8,10H,9H2. The zero-order valence-electron chi connectivity index (χ0n) is 11.5. The Kier molecular flexibility index (Phi) is 3.17. The van der Waals surface area contributed by atoms with Crippen LogP contribution in [-0.2, 0) is 6.42 Å². The fraction of sp³-hybridized carbons (Fsp3) is 0.0588. The molecule has 0 radical (unpaired) electrons. The predicted molar refractivity (Wildman–Crippen MR) is 93.1 cm³/mol. The zero-order valence-corrected chi connectivity index (χ0v) is 13.1. The first-order valence-corrected chi connectivity index (χ1v) is 8.53. The summed E-state index contributed by atoms with van der Waals surface area (Å²) in [5, 5.41) is 15.6. The number of fused-ring (bicyclic) bond motifs is 2. The first-order chi connectivity index (χ1) is 10.7. The van der Waals surface area contributed by atoms with Gasteiger partial charge in [-0.15, -0.1) is 22.7 Å². The molecule has 0 aliphatic rings. The van der Waals surface area contributed by atoms with Crippen molar-refractivity contribution in [3.8, 4) is 0 Å². The van der Waals surface area contributed by atoms with Crippen LogP contribution in [0.2, 0.25) is 0 Å². The van der Waals surface area contributed by atoms with Crippen LogP contribution in [0.5, 0.6) is 0 Å². The maximum Gasteiger partial charge on any atom is 0.291 e. The third kappa shape index (κ3) is 2.10. The van der Waals surface area contributed by atoms with Crippen LogP contribution in [-0.4, -0.2) is 4.92 Å². The number of hydrogen-bond acceptors (Lipinski definition) is 4. The second-order valence-corrected chi connectivity index (χ2v) is 7.11. The van der Waals surface area contributed by atoms with E-state index in [1.165, 1.54) is 21.4 Å². The lowest BCUT2D eigenvalue weighted by Crippen LogP contribution is -1.92. The van der Waals surface area contributed by atoms with E-state index in [9.17, 15) is 10.1 Å². The van der Waals surface area contributed by atoms with Crippen LogP contribution in [0.3, 0.4) is 0 Å². The highest BCUT2D eigenvalue weighted by Gasteiger charge is 2.22. The maximum atomic E-state index is 11.5. The van der Waals surface area contributed by atoms with Gasteiger partial charge in [-0.3, -0.25) is 10.1 Å². The quantitative estimate of drug-likeness (QED) is 0.363. The normalized spacial score (nSPS) is 11.3. The molecule has 2 aromatic heterocycles. The van der Waals surface area contributed by atoms with Gasteiger partial charge < -0.3 is 0 Å². The molecule has 22 heavy (non-hydrogen) atoms. The van der Waals surface area contributed by atoms with Crippen molar-refractivity contribution < 1.29 is 4.92 Å². The predicted octanol–water partition coefficient (Wildman–Crippen LogP) is 5.62. The molecular weight excluding hydrogens is 314 g/mol. The monoisotopic (exact) mass is 325 g/mol. The van der Waals surface area contributed by atoms with Gasteiger partial charge >= 0.3 is 0 Å². The Morgan fingerprint density at radius 1 is 0.955 bits per heavy atom. The Morgan fingerprint density at radius 3 is 2.41 bits per heavy atom. The van der Waals surface area contributed by atoms with Crippen molar-refractivity contribution in [2.45, 2.75) is 6.42 Å². The maximum absolute atomic E-state index is 11.5. The summed E-state index contributed by atoms with van der Waals surface area (Å²) >= 11 is 3.21. The van der Waals surface area contributed by atoms with Gasteiger partial charge in [-0.2, -0.15) is 0 Å². The minimum atomic E-state index is -0.247. The molecule has 4 rings (SSSR count). The largest absolute Gasteiger partial charge is 0.291 e. The van der Waals surface area contributed by atoms with Gasteiger partial charge in [0.05, 0.1) is 15.2 Å². The molecular formula is C17H11NO2S2. The molecule has 0 unspecified atom stereocenters. The highest BCUT2D eigenvalue weighted by molar-refractivity contribution is 7.19. The van der Waals surface area contributed by atoms with E-state index in [0.29, 0.717) is 6.42 Å². The molecule has 0 saturated carbocycles. The minimum absolute atomic E-state index is 0.247. The summed E-state index contributed by atoms with van der Waals surface area (Å²) in [6.07, 6.45) is 0.611. The number of rotatable bonds is 3. The van der Waals surface area contributed by atoms with Crippen molar-refractivity contribution in [3.05, 3.63) is 74.5 Å². The Hall–Kier alpha value is -2.24. The van der Waals surface area contributed by atoms with Gasteiger partial charge in [-0.1, -0.05) is 30.3 Å². The van der Waals surface area contributed by atoms with E-state index in [1.807, 2.05) is 36.4 Å². The molecule has 0 amide bonds. The van der Waals surface area contributed by atoms with E-state index >= 15 is 0 Å². The van der Waals surface area contributed by atoms with Gasteiger partial charge in [-0.25, -0.2) is 0 Å². The Labute approximate surface area is 134 Å². The van der Waals surface area contributed by atoms with Gasteiger partial charge in [0, 0.05) is 15.8 Å². The topological polar surface area (TPSA) is 43.1 Å². The highest BCUT2D eigenvalue weighted by atomic mass is 32.1. The molecule has 4 aromatic rings. The lowest BCUT2D eigenvalue weighted by atomic mass is 10.1. The van der Waals surface area contributed by atoms with Gasteiger partial charge in [0.15, 0.2) is 0 Å². The molecule has 0 saturated heterocycles. The Balaban J connectivity index is 1.87. The average molecular weight is 325 g/mol. The van der Waals surface area contributed by atoms with Crippen molar-refractivity contribution in [1.82, 2.24) is 0 Å². The fourth-order valence-corrected chi connectivity index (χ4v) is 4.90. The van der Waals surface area contributed by atoms with E-state index in [1.54, 1.807) is 11.3 Å². The molecule has 0 atom stereocenters. The van der Waals surface area contributed by atoms with Crippen molar-refractivity contribution in [3.63, 3.8) is 0 Å². The first-order valence-electron chi connectivity index (χ1n) is 6.84. The van der Waals surface area contributed by atoms with Gasteiger partial charge in [-0.05, 0) is 34.5 Å². The molecule has 0 aliphatic heterocycles. The molecule has 3 nitrogen and oxygen atoms in total. The second kappa shape index (κ2) is 5.19. The van der Waals surface area contributed by atoms with Crippen molar-refractivity contribution >= 4 is 48.5 Å². The number of nitrogens with zero attached hydrogens (tertiary/aromatic N) is 1. The van der Waals surface area contributed by atoms with Crippen LogP contribution < -0.4 is 0 Å². The van der Waals surface area contributed by atoms with E-state index in [4.69, 9.17) is 0 Å². The van der Waals surface area contributed by atoms with Gasteiger partial charge in [0.25, 0.3) is 5.69 Å². The summed E-state index contributed by atoms with van der Waals surface area (Å²) < 4.78 is 2.20. The number of hydrogen-bond donors (Lipinski definition) is 0. The van der Waals surface area contributed by atoms with Crippen LogP contribution in [0.15, 0.2) is 53.9 Å². The minimum Gasteiger partial charge on any atom is -0.258 e. The summed E-state index contributed by atoms with van der Waals surface area (Å²) in [4.78, 5) is 12.1. The van der Waals surface area contributed by atoms with Crippen LogP contribution in [0.4, 0.5) is 5.69 Å². The van der Waals surface area contributed by atoms with E-state index < -0.39 is 0 Å². The second-order valence-electron chi connectivity index (χ2n) is 5.06. The van der Waals surface area contributed by atoms with E-state index in [0.717, 1.165) is 20.5 Å². The number of benzene rings is 2. The van der Waals surface area contributed by atoms with Crippen LogP contribution >= 0.6 is 22.7 Å². The lowest BCUT2D eigenvalue weighted by molar-refractivity contribution is -0.383. The third-order valence-corrected chi connectivity index (χ3v) is 5.91. The van der Waals surface area contributed by atoms with Gasteiger partial charge in [0.2, 0.25) is 0 Å². The van der Waals surface area contributed by atoms with E-state index in [-0.39, 0.29) is 10.6 Å². The molecule has 2 aromatic carbocycles. The summed E-state index contributed by atoms with van der Waals surface area (Å²) in [7, 11) is 0. The molecule has 0 fully saturated rings. The average Bonchev–Trinajstić information content (AvgIpc) is 3.09. The highest BCUT2D eigenvalue weighted by Crippen LogP contribution is 2.40. The zero-order chi connectivity index (χ0) is 15.1. The summed E-state index contributed by atoms with van der Waals surface area (Å²) in [6, 6.07) is 15.8. The number of thiophene rings is 2. The lowest BCUT2D eigenvalue weighted by Gasteiger charge is -1.98. The molecule has 2 heterocycles. The Morgan fingerprint density at radius 2 is 1.64 bits per heavy atom. The summed E-state index contributed by atoms with van der Waals surface area (Å²) in [5.41, 5.74) is 1.42. The molecule has 108 valence electrons. The van der Waals surface area contributed by atoms with Crippen LogP contribution in [0, 0.1) is 10.1 Å². The van der Waals surface area contributed by atoms with E-state index in [2.05, 4.69) is 17.5 Å². The molecule has 5 heteroatoms. The molecule has 0 N–H and O–H groups in total. The van der Waals surface area contributed by atoms with Crippen molar-refractivity contribution in [2.75, 3.05) is 0 Å². The molecule has 0 spiro atoms. The van der Waals surface area contributed by atoms with Gasteiger partial charge in [0.1, 0.15) is 0 Å². The molecule has 0 aliphatic carbocycles. The third-order valence-electron chi connectivity index (χ3n) is 3.73. The SMILES string of the molecule is O=[N+]([O-])c1c(Cc2csc3ccccc23)sc2ccccc12. The smallest absolute Gasteiger partial charge is 0.258 e. The molecule has 0 bridgehead atoms. The summed E-state index contributed by atoms with van der Waals surface area (Å²) in [5.74, 6) is 0. The summed E-state index contributed by atoms with van der Waals surface area (Å²) in [6.45, 7) is 0. The van der Waals surface area contributed by atoms with Crippen LogP contribution in [0.1, 0.15) is 10.4 Å². The van der Waals surface area contributed by atoms with Crippen molar-refractivity contribution in [2.24, 2.45) is 0 Å². The fourth-order valence-electron chi connectivity index (χ4n) is 2.75. The number of nitro groups is 1. The Bertz CT molecular complexity index is 1000. The van der Waals surface area contributed by atoms with Crippen LogP contribution in [0.25, 0.3) is 20.2 Å².